The van der Waals surface area contributed by atoms with Crippen LogP contribution in [0.15, 0.2) is 11.2 Å². The first-order valence-corrected chi connectivity index (χ1v) is 6.35. The summed E-state index contributed by atoms with van der Waals surface area (Å²) in [6.45, 7) is 2.61. The number of carbonyl (C=O) groups excluding carboxylic acids is 1. The van der Waals surface area contributed by atoms with Gasteiger partial charge in [0.05, 0.1) is 16.9 Å². The molecule has 0 saturated heterocycles. The molecule has 12 heteroatoms. The van der Waals surface area contributed by atoms with Gasteiger partial charge in [0.25, 0.3) is 11.6 Å². The first kappa shape index (κ1) is 16.9. The molecule has 1 aliphatic heterocycles. The molecule has 1 amide bonds. The number of alkyl halides is 3. The van der Waals surface area contributed by atoms with Crippen molar-refractivity contribution in [3.63, 3.8) is 0 Å². The first-order valence-electron chi connectivity index (χ1n) is 6.35. The number of aromatic nitrogens is 2. The minimum absolute atomic E-state index is 0.0649. The lowest BCUT2D eigenvalue weighted by atomic mass is 10.1. The number of rotatable bonds is 3. The van der Waals surface area contributed by atoms with E-state index < -0.39 is 41.0 Å². The second kappa shape index (κ2) is 5.30. The summed E-state index contributed by atoms with van der Waals surface area (Å²) in [6, 6.07) is -0.250. The van der Waals surface area contributed by atoms with Crippen molar-refractivity contribution in [2.75, 3.05) is 0 Å². The lowest BCUT2D eigenvalue weighted by Gasteiger charge is -2.33. The van der Waals surface area contributed by atoms with E-state index in [9.17, 15) is 33.2 Å². The molecule has 1 N–H and O–H groups in total. The zero-order valence-electron chi connectivity index (χ0n) is 12.0. The molecule has 0 aromatic carbocycles. The van der Waals surface area contributed by atoms with E-state index >= 15 is 0 Å². The highest BCUT2D eigenvalue weighted by Gasteiger charge is 2.62. The number of hydrogen-bond donors (Lipinski definition) is 1. The maximum absolute atomic E-state index is 13.0. The van der Waals surface area contributed by atoms with Crippen molar-refractivity contribution in [1.82, 2.24) is 14.8 Å². The van der Waals surface area contributed by atoms with Gasteiger partial charge in [0.2, 0.25) is 0 Å². The molecular weight excluding hydrogens is 323 g/mol. The van der Waals surface area contributed by atoms with Gasteiger partial charge in [-0.1, -0.05) is 0 Å². The Bertz CT molecular complexity index is 686. The Hall–Kier alpha value is -2.50. The molecule has 2 heterocycles. The van der Waals surface area contributed by atoms with Crippen molar-refractivity contribution in [2.24, 2.45) is 5.10 Å². The number of aliphatic hydroxyl groups is 1. The smallest absolute Gasteiger partial charge is 0.362 e. The minimum Gasteiger partial charge on any atom is -0.362 e. The summed E-state index contributed by atoms with van der Waals surface area (Å²) in [6.07, 6.45) is -5.23. The summed E-state index contributed by atoms with van der Waals surface area (Å²) in [4.78, 5) is 22.1. The summed E-state index contributed by atoms with van der Waals surface area (Å²) in [7, 11) is 0. The molecule has 2 rings (SSSR count). The van der Waals surface area contributed by atoms with Crippen molar-refractivity contribution in [1.29, 1.82) is 0 Å². The fourth-order valence-corrected chi connectivity index (χ4v) is 2.14. The molecule has 0 aliphatic carbocycles. The molecule has 0 unspecified atom stereocenters. The van der Waals surface area contributed by atoms with Gasteiger partial charge in [-0.15, -0.1) is 0 Å². The quantitative estimate of drug-likeness (QED) is 0.657. The van der Waals surface area contributed by atoms with Crippen molar-refractivity contribution in [3.8, 4) is 0 Å². The van der Waals surface area contributed by atoms with Gasteiger partial charge in [0.1, 0.15) is 0 Å². The van der Waals surface area contributed by atoms with Crippen LogP contribution < -0.4 is 0 Å². The van der Waals surface area contributed by atoms with Crippen LogP contribution in [-0.4, -0.2) is 48.8 Å². The van der Waals surface area contributed by atoms with Crippen LogP contribution in [-0.2, 0) is 4.79 Å². The fraction of sp³-hybridized carbons (Fsp3) is 0.545. The number of hydrogen-bond acceptors (Lipinski definition) is 6. The van der Waals surface area contributed by atoms with E-state index in [1.54, 1.807) is 0 Å². The van der Waals surface area contributed by atoms with Crippen LogP contribution in [0.1, 0.15) is 25.1 Å². The third-order valence-corrected chi connectivity index (χ3v) is 3.41. The van der Waals surface area contributed by atoms with Crippen LogP contribution in [0.5, 0.6) is 0 Å². The number of nitrogens with zero attached hydrogens (tertiary/aromatic N) is 5. The average molecular weight is 335 g/mol. The fourth-order valence-electron chi connectivity index (χ4n) is 2.14. The van der Waals surface area contributed by atoms with E-state index in [0.717, 1.165) is 17.0 Å². The number of hydrazone groups is 1. The topological polar surface area (TPSA) is 114 Å². The zero-order valence-corrected chi connectivity index (χ0v) is 12.0. The molecule has 0 radical (unpaired) electrons. The molecule has 1 aromatic heterocycles. The highest BCUT2D eigenvalue weighted by Crippen LogP contribution is 2.39. The Morgan fingerprint density at radius 1 is 1.57 bits per heavy atom. The van der Waals surface area contributed by atoms with Gasteiger partial charge in [0, 0.05) is 12.6 Å². The molecule has 2 atom stereocenters. The van der Waals surface area contributed by atoms with E-state index in [1.807, 2.05) is 0 Å². The van der Waals surface area contributed by atoms with E-state index in [0.29, 0.717) is 0 Å². The van der Waals surface area contributed by atoms with Gasteiger partial charge in [-0.3, -0.25) is 4.79 Å². The predicted octanol–water partition coefficient (Wildman–Crippen LogP) is 1.13. The van der Waals surface area contributed by atoms with Gasteiger partial charge >= 0.3 is 12.0 Å². The SMILES string of the molecule is Cc1cc([N+](=O)[O-])nn1[C@@H](C)C(=O)N1N=CC[C@@]1(O)C(F)(F)F. The third-order valence-electron chi connectivity index (χ3n) is 3.41. The standard InChI is InChI=1S/C11H12F3N5O4/c1-6-5-8(19(22)23)16-17(6)7(2)9(20)18-10(21,3-4-15-18)11(12,13)14/h4-5,7,21H,3H2,1-2H3/t7-,10+/m0/s1. The van der Waals surface area contributed by atoms with E-state index in [2.05, 4.69) is 10.2 Å². The van der Waals surface area contributed by atoms with Crippen molar-refractivity contribution >= 4 is 17.9 Å². The maximum atomic E-state index is 13.0. The second-order valence-corrected chi connectivity index (χ2v) is 4.99. The van der Waals surface area contributed by atoms with Crippen LogP contribution in [0.25, 0.3) is 0 Å². The Balaban J connectivity index is 2.33. The third kappa shape index (κ3) is 2.65. The number of halogens is 3. The monoisotopic (exact) mass is 335 g/mol. The number of amides is 1. The molecule has 1 aliphatic rings. The van der Waals surface area contributed by atoms with Crippen molar-refractivity contribution in [2.45, 2.75) is 38.2 Å². The summed E-state index contributed by atoms with van der Waals surface area (Å²) < 4.78 is 39.8. The molecule has 0 spiro atoms. The van der Waals surface area contributed by atoms with E-state index in [-0.39, 0.29) is 10.7 Å². The Labute approximate surface area is 127 Å². The van der Waals surface area contributed by atoms with Gasteiger partial charge in [0.15, 0.2) is 6.04 Å². The highest BCUT2D eigenvalue weighted by atomic mass is 19.4. The largest absolute Gasteiger partial charge is 0.438 e. The molecule has 126 valence electrons. The van der Waals surface area contributed by atoms with Crippen LogP contribution in [0, 0.1) is 17.0 Å². The van der Waals surface area contributed by atoms with Gasteiger partial charge in [-0.2, -0.15) is 28.0 Å². The van der Waals surface area contributed by atoms with Crippen LogP contribution in [0.2, 0.25) is 0 Å². The minimum atomic E-state index is -5.11. The Kier molecular flexibility index (Phi) is 3.88. The molecule has 23 heavy (non-hydrogen) atoms. The van der Waals surface area contributed by atoms with Crippen LogP contribution >= 0.6 is 0 Å². The maximum Gasteiger partial charge on any atom is 0.438 e. The lowest BCUT2D eigenvalue weighted by Crippen LogP contribution is -2.57. The summed E-state index contributed by atoms with van der Waals surface area (Å²) in [5.74, 6) is -1.74. The Morgan fingerprint density at radius 3 is 2.65 bits per heavy atom. The van der Waals surface area contributed by atoms with Crippen LogP contribution in [0.3, 0.4) is 0 Å². The predicted molar refractivity (Wildman–Crippen MR) is 69.3 cm³/mol. The summed E-state index contributed by atoms with van der Waals surface area (Å²) >= 11 is 0. The van der Waals surface area contributed by atoms with Gasteiger partial charge < -0.3 is 15.2 Å². The molecule has 1 aromatic rings. The highest BCUT2D eigenvalue weighted by molar-refractivity contribution is 5.83. The van der Waals surface area contributed by atoms with Gasteiger partial charge in [-0.05, 0) is 18.8 Å². The van der Waals surface area contributed by atoms with E-state index in [1.165, 1.54) is 13.8 Å². The van der Waals surface area contributed by atoms with Crippen LogP contribution in [0.4, 0.5) is 19.0 Å². The Morgan fingerprint density at radius 2 is 2.17 bits per heavy atom. The molecule has 9 nitrogen and oxygen atoms in total. The zero-order chi connectivity index (χ0) is 17.6. The molecule has 0 fully saturated rings. The summed E-state index contributed by atoms with van der Waals surface area (Å²) in [5.41, 5.74) is -3.23. The number of nitro groups is 1. The first-order chi connectivity index (χ1) is 10.5. The van der Waals surface area contributed by atoms with Crippen molar-refractivity contribution < 1.29 is 28.0 Å². The number of carbonyl (C=O) groups is 1. The summed E-state index contributed by atoms with van der Waals surface area (Å²) in [5, 5.41) is 27.2. The normalized spacial score (nSPS) is 22.4. The average Bonchev–Trinajstić information content (AvgIpc) is 3.01. The second-order valence-electron chi connectivity index (χ2n) is 4.99. The van der Waals surface area contributed by atoms with Crippen molar-refractivity contribution in [3.05, 3.63) is 21.9 Å². The molecule has 0 saturated carbocycles. The van der Waals surface area contributed by atoms with Gasteiger partial charge in [-0.25, -0.2) is 0 Å². The molecule has 0 bridgehead atoms. The van der Waals surface area contributed by atoms with E-state index in [4.69, 9.17) is 0 Å². The number of aryl methyl sites for hydroxylation is 1. The lowest BCUT2D eigenvalue weighted by molar-refractivity contribution is -0.389. The molecular formula is C11H12F3N5O4.